The molecule has 1 aromatic heterocycles. The maximum absolute atomic E-state index is 13.8. The van der Waals surface area contributed by atoms with E-state index >= 15 is 0 Å². The Balaban J connectivity index is 1.84. The number of hydrogen-bond acceptors (Lipinski definition) is 4. The molecular weight excluding hydrogens is 328 g/mol. The number of amides is 1. The molecule has 0 saturated carbocycles. The van der Waals surface area contributed by atoms with Crippen molar-refractivity contribution in [3.63, 3.8) is 0 Å². The summed E-state index contributed by atoms with van der Waals surface area (Å²) in [5.41, 5.74) is 0.735. The van der Waals surface area contributed by atoms with Gasteiger partial charge in [-0.05, 0) is 37.3 Å². The molecule has 0 saturated heterocycles. The molecule has 1 atom stereocenters. The van der Waals surface area contributed by atoms with Crippen LogP contribution in [0.25, 0.3) is 0 Å². The number of hydrogen-bond donors (Lipinski definition) is 2. The second-order valence-corrected chi connectivity index (χ2v) is 5.34. The fourth-order valence-corrected chi connectivity index (χ4v) is 2.21. The highest BCUT2D eigenvalue weighted by Gasteiger charge is 2.17. The molecule has 1 amide bonds. The number of aromatic nitrogens is 3. The van der Waals surface area contributed by atoms with Crippen LogP contribution < -0.4 is 10.6 Å². The zero-order chi connectivity index (χ0) is 17.8. The van der Waals surface area contributed by atoms with Crippen LogP contribution in [0.5, 0.6) is 0 Å². The van der Waals surface area contributed by atoms with Crippen molar-refractivity contribution in [2.45, 2.75) is 13.0 Å². The van der Waals surface area contributed by atoms with Crippen LogP contribution in [0.15, 0.2) is 55.1 Å². The summed E-state index contributed by atoms with van der Waals surface area (Å²) in [6.07, 6.45) is 2.75. The van der Waals surface area contributed by atoms with E-state index in [1.807, 2.05) is 0 Å². The van der Waals surface area contributed by atoms with Crippen molar-refractivity contribution in [2.24, 2.45) is 0 Å². The van der Waals surface area contributed by atoms with Crippen LogP contribution in [0.2, 0.25) is 0 Å². The monoisotopic (exact) mass is 343 g/mol. The van der Waals surface area contributed by atoms with Gasteiger partial charge in [-0.1, -0.05) is 12.1 Å². The molecule has 0 fully saturated rings. The van der Waals surface area contributed by atoms with Crippen LogP contribution in [0.4, 0.5) is 25.8 Å². The Morgan fingerprint density at radius 2 is 1.92 bits per heavy atom. The number of benzene rings is 2. The van der Waals surface area contributed by atoms with Crippen LogP contribution in [-0.2, 0) is 4.79 Å². The average Bonchev–Trinajstić information content (AvgIpc) is 3.13. The van der Waals surface area contributed by atoms with Gasteiger partial charge >= 0.3 is 0 Å². The third kappa shape index (κ3) is 3.79. The SMILES string of the molecule is CC(C(=O)Nc1ccc(F)cc1Nc1ccccc1F)n1cncn1. The molecule has 128 valence electrons. The fraction of sp³-hybridized carbons (Fsp3) is 0.118. The van der Waals surface area contributed by atoms with E-state index in [9.17, 15) is 13.6 Å². The van der Waals surface area contributed by atoms with Gasteiger partial charge in [0.1, 0.15) is 30.3 Å². The summed E-state index contributed by atoms with van der Waals surface area (Å²) in [4.78, 5) is 16.2. The van der Waals surface area contributed by atoms with E-state index in [1.165, 1.54) is 47.7 Å². The topological polar surface area (TPSA) is 71.8 Å². The van der Waals surface area contributed by atoms with Crippen molar-refractivity contribution in [1.82, 2.24) is 14.8 Å². The number of carbonyl (C=O) groups excluding carboxylic acids is 1. The third-order valence-corrected chi connectivity index (χ3v) is 3.60. The summed E-state index contributed by atoms with van der Waals surface area (Å²) in [5.74, 6) is -1.37. The zero-order valence-corrected chi connectivity index (χ0v) is 13.3. The molecule has 2 N–H and O–H groups in total. The lowest BCUT2D eigenvalue weighted by Gasteiger charge is -2.16. The normalized spacial score (nSPS) is 11.8. The molecule has 1 heterocycles. The molecule has 2 aromatic carbocycles. The van der Waals surface area contributed by atoms with E-state index in [-0.39, 0.29) is 17.3 Å². The number of para-hydroxylation sites is 1. The fourth-order valence-electron chi connectivity index (χ4n) is 2.21. The standard InChI is InChI=1S/C17H15F2N5O/c1-11(24-10-20-9-21-24)17(25)23-15-7-6-12(18)8-16(15)22-14-5-3-2-4-13(14)19/h2-11,22H,1H3,(H,23,25). The molecule has 6 nitrogen and oxygen atoms in total. The molecule has 0 aliphatic carbocycles. The Bertz CT molecular complexity index is 883. The van der Waals surface area contributed by atoms with Crippen LogP contribution in [0.1, 0.15) is 13.0 Å². The molecule has 0 bridgehead atoms. The minimum absolute atomic E-state index is 0.174. The van der Waals surface area contributed by atoms with Crippen molar-refractivity contribution in [2.75, 3.05) is 10.6 Å². The second kappa shape index (κ2) is 7.08. The van der Waals surface area contributed by atoms with Gasteiger partial charge in [0.25, 0.3) is 0 Å². The number of nitrogens with zero attached hydrogens (tertiary/aromatic N) is 3. The minimum atomic E-state index is -0.617. The van der Waals surface area contributed by atoms with Gasteiger partial charge in [0.2, 0.25) is 5.91 Å². The molecule has 0 radical (unpaired) electrons. The molecule has 0 aliphatic heterocycles. The van der Waals surface area contributed by atoms with Crippen molar-refractivity contribution in [3.05, 3.63) is 66.8 Å². The molecule has 3 aromatic rings. The summed E-state index contributed by atoms with van der Waals surface area (Å²) in [7, 11) is 0. The van der Waals surface area contributed by atoms with Crippen molar-refractivity contribution >= 4 is 23.0 Å². The van der Waals surface area contributed by atoms with E-state index < -0.39 is 17.7 Å². The summed E-state index contributed by atoms with van der Waals surface area (Å²) < 4.78 is 28.8. The highest BCUT2D eigenvalue weighted by atomic mass is 19.1. The number of nitrogens with one attached hydrogen (secondary N) is 2. The molecule has 25 heavy (non-hydrogen) atoms. The van der Waals surface area contributed by atoms with Gasteiger partial charge in [0.15, 0.2) is 0 Å². The number of anilines is 3. The Morgan fingerprint density at radius 1 is 1.12 bits per heavy atom. The first-order chi connectivity index (χ1) is 12.0. The first kappa shape index (κ1) is 16.6. The maximum atomic E-state index is 13.8. The summed E-state index contributed by atoms with van der Waals surface area (Å²) >= 11 is 0. The summed E-state index contributed by atoms with van der Waals surface area (Å²) in [6, 6.07) is 9.18. The summed E-state index contributed by atoms with van der Waals surface area (Å²) in [6.45, 7) is 1.65. The van der Waals surface area contributed by atoms with Crippen molar-refractivity contribution in [3.8, 4) is 0 Å². The number of halogens is 2. The quantitative estimate of drug-likeness (QED) is 0.744. The molecule has 1 unspecified atom stereocenters. The maximum Gasteiger partial charge on any atom is 0.249 e. The molecular formula is C17H15F2N5O. The molecule has 8 heteroatoms. The average molecular weight is 343 g/mol. The lowest BCUT2D eigenvalue weighted by Crippen LogP contribution is -2.24. The van der Waals surface area contributed by atoms with Crippen molar-refractivity contribution in [1.29, 1.82) is 0 Å². The van der Waals surface area contributed by atoms with E-state index in [4.69, 9.17) is 0 Å². The van der Waals surface area contributed by atoms with E-state index in [1.54, 1.807) is 19.1 Å². The Kier molecular flexibility index (Phi) is 4.69. The van der Waals surface area contributed by atoms with Crippen LogP contribution in [-0.4, -0.2) is 20.7 Å². The Morgan fingerprint density at radius 3 is 2.64 bits per heavy atom. The van der Waals surface area contributed by atoms with Gasteiger partial charge in [-0.2, -0.15) is 5.10 Å². The predicted octanol–water partition coefficient (Wildman–Crippen LogP) is 3.50. The first-order valence-corrected chi connectivity index (χ1v) is 7.50. The van der Waals surface area contributed by atoms with Crippen molar-refractivity contribution < 1.29 is 13.6 Å². The Hall–Kier alpha value is -3.29. The lowest BCUT2D eigenvalue weighted by atomic mass is 10.2. The largest absolute Gasteiger partial charge is 0.351 e. The van der Waals surface area contributed by atoms with Gasteiger partial charge in [-0.3, -0.25) is 4.79 Å². The first-order valence-electron chi connectivity index (χ1n) is 7.50. The third-order valence-electron chi connectivity index (χ3n) is 3.60. The van der Waals surface area contributed by atoms with Gasteiger partial charge in [0.05, 0.1) is 17.1 Å². The minimum Gasteiger partial charge on any atom is -0.351 e. The van der Waals surface area contributed by atoms with Crippen LogP contribution in [0.3, 0.4) is 0 Å². The van der Waals surface area contributed by atoms with E-state index in [0.717, 1.165) is 0 Å². The number of carbonyl (C=O) groups is 1. The van der Waals surface area contributed by atoms with Gasteiger partial charge in [-0.25, -0.2) is 18.4 Å². The molecule has 0 aliphatic rings. The number of rotatable bonds is 5. The highest BCUT2D eigenvalue weighted by Crippen LogP contribution is 2.28. The highest BCUT2D eigenvalue weighted by molar-refractivity contribution is 5.97. The van der Waals surface area contributed by atoms with Gasteiger partial charge in [-0.15, -0.1) is 0 Å². The Labute approximate surface area is 142 Å². The van der Waals surface area contributed by atoms with Gasteiger partial charge in [0, 0.05) is 0 Å². The zero-order valence-electron chi connectivity index (χ0n) is 13.3. The van der Waals surface area contributed by atoms with Gasteiger partial charge < -0.3 is 10.6 Å². The van der Waals surface area contributed by atoms with E-state index in [2.05, 4.69) is 20.7 Å². The van der Waals surface area contributed by atoms with E-state index in [0.29, 0.717) is 5.69 Å². The van der Waals surface area contributed by atoms with Crippen LogP contribution in [0, 0.1) is 11.6 Å². The molecule has 0 spiro atoms. The van der Waals surface area contributed by atoms with Crippen LogP contribution >= 0.6 is 0 Å². The second-order valence-electron chi connectivity index (χ2n) is 5.34. The smallest absolute Gasteiger partial charge is 0.249 e. The lowest BCUT2D eigenvalue weighted by molar-refractivity contribution is -0.119. The summed E-state index contributed by atoms with van der Waals surface area (Å²) in [5, 5.41) is 9.40. The molecule has 3 rings (SSSR count). The predicted molar refractivity (Wildman–Crippen MR) is 89.4 cm³/mol.